The molecule has 1 fully saturated rings. The average Bonchev–Trinajstić information content (AvgIpc) is 2.97. The van der Waals surface area contributed by atoms with Gasteiger partial charge in [0.15, 0.2) is 0 Å². The number of hydrogen-bond donors (Lipinski definition) is 1. The number of carboxylic acids is 1. The van der Waals surface area contributed by atoms with E-state index in [9.17, 15) is 23.5 Å². The average molecular weight is 391 g/mol. The highest BCUT2D eigenvalue weighted by molar-refractivity contribution is 5.83. The SMILES string of the molecule is Cc1nn(C(F)F)c(C)c1CC(=O)N1CCC(C(=O)O)(c2ccccc2)CC1. The minimum atomic E-state index is -2.75. The summed E-state index contributed by atoms with van der Waals surface area (Å²) in [5.74, 6) is -1.09. The summed E-state index contributed by atoms with van der Waals surface area (Å²) in [4.78, 5) is 26.4. The highest BCUT2D eigenvalue weighted by Crippen LogP contribution is 2.36. The lowest BCUT2D eigenvalue weighted by Gasteiger charge is -2.39. The molecule has 0 bridgehead atoms. The van der Waals surface area contributed by atoms with Crippen molar-refractivity contribution in [2.75, 3.05) is 13.1 Å². The van der Waals surface area contributed by atoms with E-state index >= 15 is 0 Å². The van der Waals surface area contributed by atoms with E-state index in [0.717, 1.165) is 5.56 Å². The second-order valence-corrected chi connectivity index (χ2v) is 7.18. The Hall–Kier alpha value is -2.77. The number of benzene rings is 1. The van der Waals surface area contributed by atoms with Crippen molar-refractivity contribution in [3.05, 3.63) is 52.8 Å². The quantitative estimate of drug-likeness (QED) is 0.850. The number of aryl methyl sites for hydroxylation is 1. The van der Waals surface area contributed by atoms with Crippen LogP contribution in [-0.2, 0) is 21.4 Å². The highest BCUT2D eigenvalue weighted by atomic mass is 19.3. The number of carboxylic acid groups (broad SMARTS) is 1. The summed E-state index contributed by atoms with van der Waals surface area (Å²) in [5, 5.41) is 13.7. The molecule has 3 rings (SSSR count). The number of rotatable bonds is 5. The molecule has 1 aromatic heterocycles. The highest BCUT2D eigenvalue weighted by Gasteiger charge is 2.43. The molecular formula is C20H23F2N3O3. The molecule has 1 aliphatic rings. The summed E-state index contributed by atoms with van der Waals surface area (Å²) in [7, 11) is 0. The van der Waals surface area contributed by atoms with Crippen molar-refractivity contribution in [3.8, 4) is 0 Å². The van der Waals surface area contributed by atoms with E-state index < -0.39 is 17.9 Å². The van der Waals surface area contributed by atoms with Crippen molar-refractivity contribution >= 4 is 11.9 Å². The van der Waals surface area contributed by atoms with Gasteiger partial charge >= 0.3 is 12.5 Å². The molecule has 6 nitrogen and oxygen atoms in total. The second kappa shape index (κ2) is 7.69. The first-order chi connectivity index (χ1) is 13.3. The standard InChI is InChI=1S/C20H23F2N3O3/c1-13-16(14(2)25(23-13)19(21)22)12-17(26)24-10-8-20(9-11-24,18(27)28)15-6-4-3-5-7-15/h3-7,19H,8-12H2,1-2H3,(H,27,28). The normalized spacial score (nSPS) is 16.4. The summed E-state index contributed by atoms with van der Waals surface area (Å²) >= 11 is 0. The Balaban J connectivity index is 1.73. The van der Waals surface area contributed by atoms with Crippen molar-refractivity contribution in [1.29, 1.82) is 0 Å². The van der Waals surface area contributed by atoms with Crippen molar-refractivity contribution in [1.82, 2.24) is 14.7 Å². The van der Waals surface area contributed by atoms with Gasteiger partial charge in [-0.3, -0.25) is 9.59 Å². The van der Waals surface area contributed by atoms with Crippen LogP contribution in [-0.4, -0.2) is 44.8 Å². The van der Waals surface area contributed by atoms with E-state index in [4.69, 9.17) is 0 Å². The van der Waals surface area contributed by atoms with Crippen LogP contribution in [0.4, 0.5) is 8.78 Å². The maximum absolute atomic E-state index is 13.0. The molecule has 0 atom stereocenters. The van der Waals surface area contributed by atoms with Crippen LogP contribution in [0.1, 0.15) is 41.9 Å². The zero-order valence-electron chi connectivity index (χ0n) is 15.9. The van der Waals surface area contributed by atoms with E-state index in [1.165, 1.54) is 6.92 Å². The van der Waals surface area contributed by atoms with E-state index in [2.05, 4.69) is 5.10 Å². The van der Waals surface area contributed by atoms with E-state index in [1.54, 1.807) is 24.0 Å². The fraction of sp³-hybridized carbons (Fsp3) is 0.450. The summed E-state index contributed by atoms with van der Waals surface area (Å²) in [5.41, 5.74) is 0.919. The number of amides is 1. The molecular weight excluding hydrogens is 368 g/mol. The van der Waals surface area contributed by atoms with Crippen LogP contribution in [0.5, 0.6) is 0 Å². The van der Waals surface area contributed by atoms with Gasteiger partial charge in [-0.1, -0.05) is 30.3 Å². The van der Waals surface area contributed by atoms with Crippen molar-refractivity contribution in [3.63, 3.8) is 0 Å². The molecule has 1 aromatic carbocycles. The largest absolute Gasteiger partial charge is 0.481 e. The van der Waals surface area contributed by atoms with Gasteiger partial charge in [0.05, 0.1) is 17.5 Å². The number of piperidine rings is 1. The van der Waals surface area contributed by atoms with Gasteiger partial charge in [0.1, 0.15) is 0 Å². The molecule has 1 saturated heterocycles. The third kappa shape index (κ3) is 3.50. The monoisotopic (exact) mass is 391 g/mol. The molecule has 0 radical (unpaired) electrons. The third-order valence-corrected chi connectivity index (χ3v) is 5.69. The summed E-state index contributed by atoms with van der Waals surface area (Å²) in [6.45, 7) is 0.993. The zero-order chi connectivity index (χ0) is 20.5. The first-order valence-corrected chi connectivity index (χ1v) is 9.15. The predicted molar refractivity (Wildman–Crippen MR) is 98.2 cm³/mol. The Morgan fingerprint density at radius 2 is 1.79 bits per heavy atom. The smallest absolute Gasteiger partial charge is 0.333 e. The van der Waals surface area contributed by atoms with Gasteiger partial charge in [-0.2, -0.15) is 13.9 Å². The number of aromatic nitrogens is 2. The number of carbonyl (C=O) groups is 2. The number of alkyl halides is 2. The van der Waals surface area contributed by atoms with Gasteiger partial charge in [0.25, 0.3) is 0 Å². The Labute approximate surface area is 161 Å². The lowest BCUT2D eigenvalue weighted by molar-refractivity contribution is -0.148. The topological polar surface area (TPSA) is 75.4 Å². The number of hydrogen-bond acceptors (Lipinski definition) is 3. The molecule has 0 aliphatic carbocycles. The molecule has 1 N–H and O–H groups in total. The molecule has 0 unspecified atom stereocenters. The van der Waals surface area contributed by atoms with Crippen LogP contribution in [0.25, 0.3) is 0 Å². The van der Waals surface area contributed by atoms with E-state index in [-0.39, 0.29) is 18.0 Å². The predicted octanol–water partition coefficient (Wildman–Crippen LogP) is 3.08. The van der Waals surface area contributed by atoms with Crippen molar-refractivity contribution in [2.45, 2.75) is 45.1 Å². The summed E-state index contributed by atoms with van der Waals surface area (Å²) < 4.78 is 26.6. The second-order valence-electron chi connectivity index (χ2n) is 7.18. The van der Waals surface area contributed by atoms with Crippen LogP contribution in [0.15, 0.2) is 30.3 Å². The van der Waals surface area contributed by atoms with Gasteiger partial charge in [0, 0.05) is 24.3 Å². The fourth-order valence-electron chi connectivity index (χ4n) is 3.93. The van der Waals surface area contributed by atoms with Crippen LogP contribution in [0, 0.1) is 13.8 Å². The molecule has 2 aromatic rings. The lowest BCUT2D eigenvalue weighted by Crippen LogP contribution is -2.49. The number of carbonyl (C=O) groups excluding carboxylic acids is 1. The Morgan fingerprint density at radius 1 is 1.18 bits per heavy atom. The van der Waals surface area contributed by atoms with Gasteiger partial charge < -0.3 is 10.0 Å². The molecule has 0 saturated carbocycles. The van der Waals surface area contributed by atoms with Crippen LogP contribution in [0.2, 0.25) is 0 Å². The van der Waals surface area contributed by atoms with Gasteiger partial charge in [-0.25, -0.2) is 4.68 Å². The molecule has 150 valence electrons. The van der Waals surface area contributed by atoms with Crippen LogP contribution < -0.4 is 0 Å². The molecule has 1 aliphatic heterocycles. The number of halogens is 2. The minimum Gasteiger partial charge on any atom is -0.481 e. The Kier molecular flexibility index (Phi) is 5.49. The maximum Gasteiger partial charge on any atom is 0.333 e. The summed E-state index contributed by atoms with van der Waals surface area (Å²) in [6.07, 6.45) is 0.606. The summed E-state index contributed by atoms with van der Waals surface area (Å²) in [6, 6.07) is 9.06. The number of aliphatic carboxylic acids is 1. The zero-order valence-corrected chi connectivity index (χ0v) is 15.9. The first kappa shape index (κ1) is 20.0. The molecule has 2 heterocycles. The van der Waals surface area contributed by atoms with Crippen molar-refractivity contribution < 1.29 is 23.5 Å². The molecule has 1 amide bonds. The molecule has 0 spiro atoms. The molecule has 8 heteroatoms. The minimum absolute atomic E-state index is 0.0181. The van der Waals surface area contributed by atoms with Crippen LogP contribution in [0.3, 0.4) is 0 Å². The third-order valence-electron chi connectivity index (χ3n) is 5.69. The first-order valence-electron chi connectivity index (χ1n) is 9.15. The van der Waals surface area contributed by atoms with Gasteiger partial charge in [0.2, 0.25) is 5.91 Å². The van der Waals surface area contributed by atoms with E-state index in [0.29, 0.717) is 41.9 Å². The van der Waals surface area contributed by atoms with Gasteiger partial charge in [-0.05, 0) is 32.3 Å². The van der Waals surface area contributed by atoms with Crippen LogP contribution >= 0.6 is 0 Å². The Bertz CT molecular complexity index is 872. The lowest BCUT2D eigenvalue weighted by atomic mass is 9.73. The molecule has 28 heavy (non-hydrogen) atoms. The van der Waals surface area contributed by atoms with Crippen molar-refractivity contribution in [2.24, 2.45) is 0 Å². The van der Waals surface area contributed by atoms with E-state index in [1.807, 2.05) is 18.2 Å². The fourth-order valence-corrected chi connectivity index (χ4v) is 3.93. The Morgan fingerprint density at radius 3 is 2.29 bits per heavy atom. The maximum atomic E-state index is 13.0. The number of nitrogens with zero attached hydrogens (tertiary/aromatic N) is 3. The van der Waals surface area contributed by atoms with Gasteiger partial charge in [-0.15, -0.1) is 0 Å². The number of likely N-dealkylation sites (tertiary alicyclic amines) is 1.